The smallest absolute Gasteiger partial charge is 0.325 e. The zero-order valence-corrected chi connectivity index (χ0v) is 18.3. The monoisotopic (exact) mass is 442 g/mol. The molecule has 0 aromatic rings. The average Bonchev–Trinajstić information content (AvgIpc) is 2.92. The van der Waals surface area contributed by atoms with Crippen LogP contribution in [0.15, 0.2) is 0 Å². The lowest BCUT2D eigenvalue weighted by Gasteiger charge is -2.34. The van der Waals surface area contributed by atoms with E-state index in [1.807, 2.05) is 0 Å². The van der Waals surface area contributed by atoms with Crippen LogP contribution >= 0.6 is 0 Å². The minimum absolute atomic E-state index is 0.0929. The van der Waals surface area contributed by atoms with Gasteiger partial charge in [0, 0.05) is 13.1 Å². The molecule has 2 N–H and O–H groups in total. The Balaban J connectivity index is 1.53. The van der Waals surface area contributed by atoms with Gasteiger partial charge in [0.1, 0.15) is 18.1 Å². The van der Waals surface area contributed by atoms with Crippen LogP contribution in [0.25, 0.3) is 0 Å². The van der Waals surface area contributed by atoms with Crippen molar-refractivity contribution >= 4 is 33.6 Å². The van der Waals surface area contributed by atoms with Gasteiger partial charge in [-0.15, -0.1) is 0 Å². The third kappa shape index (κ3) is 4.60. The van der Waals surface area contributed by atoms with Crippen molar-refractivity contribution in [2.24, 2.45) is 5.92 Å². The maximum Gasteiger partial charge on any atom is 0.325 e. The SMILES string of the molecule is CCC1CCC2(CC1)NC(=O)N(CC(=O)NC(C)C(=O)N1CCS(=O)(=O)CC1)C2=O. The topological polar surface area (TPSA) is 133 Å². The van der Waals surface area contributed by atoms with Crippen molar-refractivity contribution < 1.29 is 27.6 Å². The fraction of sp³-hybridized carbons (Fsp3) is 0.789. The summed E-state index contributed by atoms with van der Waals surface area (Å²) >= 11 is 0. The minimum Gasteiger partial charge on any atom is -0.343 e. The van der Waals surface area contributed by atoms with Gasteiger partial charge in [-0.1, -0.05) is 13.3 Å². The molecule has 3 rings (SSSR count). The number of nitrogens with zero attached hydrogens (tertiary/aromatic N) is 2. The molecule has 1 saturated carbocycles. The van der Waals surface area contributed by atoms with Crippen LogP contribution in [-0.2, 0) is 24.2 Å². The van der Waals surface area contributed by atoms with E-state index in [0.717, 1.165) is 24.2 Å². The molecular weight excluding hydrogens is 412 g/mol. The maximum absolute atomic E-state index is 12.9. The van der Waals surface area contributed by atoms with E-state index in [2.05, 4.69) is 17.6 Å². The molecular formula is C19H30N4O6S. The minimum atomic E-state index is -3.11. The molecule has 1 aliphatic carbocycles. The molecule has 10 nitrogen and oxygen atoms in total. The van der Waals surface area contributed by atoms with Crippen molar-refractivity contribution in [2.75, 3.05) is 31.1 Å². The Morgan fingerprint density at radius 3 is 2.37 bits per heavy atom. The number of carbonyl (C=O) groups is 4. The molecule has 1 atom stereocenters. The number of hydrogen-bond acceptors (Lipinski definition) is 6. The quantitative estimate of drug-likeness (QED) is 0.559. The van der Waals surface area contributed by atoms with Crippen molar-refractivity contribution in [3.05, 3.63) is 0 Å². The fourth-order valence-electron chi connectivity index (χ4n) is 4.44. The summed E-state index contributed by atoms with van der Waals surface area (Å²) in [5.74, 6) is -1.01. The Bertz CT molecular complexity index is 820. The van der Waals surface area contributed by atoms with Gasteiger partial charge in [-0.3, -0.25) is 19.3 Å². The number of imide groups is 1. The summed E-state index contributed by atoms with van der Waals surface area (Å²) in [6, 6.07) is -1.46. The second kappa shape index (κ2) is 8.52. The Morgan fingerprint density at radius 1 is 1.20 bits per heavy atom. The first-order chi connectivity index (χ1) is 14.1. The molecule has 30 heavy (non-hydrogen) atoms. The zero-order chi connectivity index (χ0) is 22.1. The van der Waals surface area contributed by atoms with E-state index < -0.39 is 39.9 Å². The van der Waals surface area contributed by atoms with E-state index in [0.29, 0.717) is 18.8 Å². The number of rotatable bonds is 5. The summed E-state index contributed by atoms with van der Waals surface area (Å²) in [6.45, 7) is 3.35. The second-order valence-electron chi connectivity index (χ2n) is 8.52. The van der Waals surface area contributed by atoms with Crippen LogP contribution in [0.4, 0.5) is 4.79 Å². The first-order valence-electron chi connectivity index (χ1n) is 10.5. The van der Waals surface area contributed by atoms with Gasteiger partial charge < -0.3 is 15.5 Å². The Hall–Kier alpha value is -2.17. The first kappa shape index (κ1) is 22.5. The van der Waals surface area contributed by atoms with E-state index in [1.54, 1.807) is 0 Å². The lowest BCUT2D eigenvalue weighted by molar-refractivity contribution is -0.138. The maximum atomic E-state index is 12.9. The highest BCUT2D eigenvalue weighted by Crippen LogP contribution is 2.37. The molecule has 168 valence electrons. The molecule has 1 spiro atoms. The summed E-state index contributed by atoms with van der Waals surface area (Å²) in [5.41, 5.74) is -0.913. The fourth-order valence-corrected chi connectivity index (χ4v) is 5.64. The van der Waals surface area contributed by atoms with Gasteiger partial charge in [0.25, 0.3) is 5.91 Å². The van der Waals surface area contributed by atoms with Crippen LogP contribution in [0.5, 0.6) is 0 Å². The normalized spacial score (nSPS) is 29.6. The molecule has 2 saturated heterocycles. The molecule has 0 bridgehead atoms. The van der Waals surface area contributed by atoms with Crippen LogP contribution in [-0.4, -0.2) is 84.7 Å². The summed E-state index contributed by atoms with van der Waals surface area (Å²) in [7, 11) is -3.11. The Morgan fingerprint density at radius 2 is 1.80 bits per heavy atom. The number of urea groups is 1. The molecule has 5 amide bonds. The predicted molar refractivity (Wildman–Crippen MR) is 108 cm³/mol. The number of carbonyl (C=O) groups excluding carboxylic acids is 4. The molecule has 2 heterocycles. The molecule has 1 unspecified atom stereocenters. The van der Waals surface area contributed by atoms with Crippen molar-refractivity contribution in [3.8, 4) is 0 Å². The van der Waals surface area contributed by atoms with Crippen LogP contribution < -0.4 is 10.6 Å². The van der Waals surface area contributed by atoms with Crippen molar-refractivity contribution in [1.82, 2.24) is 20.4 Å². The van der Waals surface area contributed by atoms with Gasteiger partial charge >= 0.3 is 6.03 Å². The van der Waals surface area contributed by atoms with Gasteiger partial charge in [-0.25, -0.2) is 13.2 Å². The molecule has 3 aliphatic rings. The third-order valence-electron chi connectivity index (χ3n) is 6.49. The predicted octanol–water partition coefficient (Wildman–Crippen LogP) is -0.361. The molecule has 2 aliphatic heterocycles. The molecule has 0 radical (unpaired) electrons. The highest BCUT2D eigenvalue weighted by molar-refractivity contribution is 7.91. The average molecular weight is 443 g/mol. The van der Waals surface area contributed by atoms with E-state index >= 15 is 0 Å². The molecule has 0 aromatic heterocycles. The highest BCUT2D eigenvalue weighted by atomic mass is 32.2. The molecule has 11 heteroatoms. The van der Waals surface area contributed by atoms with Gasteiger partial charge in [-0.05, 0) is 38.5 Å². The van der Waals surface area contributed by atoms with E-state index in [9.17, 15) is 27.6 Å². The zero-order valence-electron chi connectivity index (χ0n) is 17.5. The summed E-state index contributed by atoms with van der Waals surface area (Å²) in [5, 5.41) is 5.30. The van der Waals surface area contributed by atoms with Crippen molar-refractivity contribution in [2.45, 2.75) is 57.5 Å². The van der Waals surface area contributed by atoms with Gasteiger partial charge in [-0.2, -0.15) is 0 Å². The Labute approximate surface area is 176 Å². The van der Waals surface area contributed by atoms with Crippen molar-refractivity contribution in [3.63, 3.8) is 0 Å². The van der Waals surface area contributed by atoms with E-state index in [1.165, 1.54) is 11.8 Å². The van der Waals surface area contributed by atoms with Gasteiger partial charge in [0.05, 0.1) is 11.5 Å². The van der Waals surface area contributed by atoms with Gasteiger partial charge in [0.2, 0.25) is 11.8 Å². The third-order valence-corrected chi connectivity index (χ3v) is 8.10. The van der Waals surface area contributed by atoms with Crippen LogP contribution in [0.1, 0.15) is 46.0 Å². The number of hydrogen-bond donors (Lipinski definition) is 2. The summed E-state index contributed by atoms with van der Waals surface area (Å²) < 4.78 is 23.0. The molecule has 3 fully saturated rings. The lowest BCUT2D eigenvalue weighted by atomic mass is 9.75. The largest absolute Gasteiger partial charge is 0.343 e. The molecule has 0 aromatic carbocycles. The summed E-state index contributed by atoms with van der Waals surface area (Å²) in [6.07, 6.45) is 3.90. The van der Waals surface area contributed by atoms with Crippen LogP contribution in [0.2, 0.25) is 0 Å². The standard InChI is InChI=1S/C19H30N4O6S/c1-3-14-4-6-19(7-5-14)17(26)23(18(27)21-19)12-15(24)20-13(2)16(25)22-8-10-30(28,29)11-9-22/h13-14H,3-12H2,1-2H3,(H,20,24)(H,21,27). The van der Waals surface area contributed by atoms with E-state index in [4.69, 9.17) is 0 Å². The Kier molecular flexibility index (Phi) is 6.40. The number of nitrogens with one attached hydrogen (secondary N) is 2. The van der Waals surface area contributed by atoms with Crippen LogP contribution in [0, 0.1) is 5.92 Å². The number of amides is 5. The van der Waals surface area contributed by atoms with E-state index in [-0.39, 0.29) is 36.4 Å². The highest BCUT2D eigenvalue weighted by Gasteiger charge is 2.52. The first-order valence-corrected chi connectivity index (χ1v) is 12.3. The second-order valence-corrected chi connectivity index (χ2v) is 10.8. The van der Waals surface area contributed by atoms with Crippen molar-refractivity contribution in [1.29, 1.82) is 0 Å². The summed E-state index contributed by atoms with van der Waals surface area (Å²) in [4.78, 5) is 52.4. The van der Waals surface area contributed by atoms with Crippen LogP contribution in [0.3, 0.4) is 0 Å². The number of sulfone groups is 1. The van der Waals surface area contributed by atoms with Gasteiger partial charge in [0.15, 0.2) is 9.84 Å². The lowest BCUT2D eigenvalue weighted by Crippen LogP contribution is -2.53.